The van der Waals surface area contributed by atoms with Crippen LogP contribution in [-0.4, -0.2) is 37.8 Å². The molecule has 4 fully saturated rings. The minimum absolute atomic E-state index is 0.0383. The largest absolute Gasteiger partial charge is 0.478 e. The number of para-hydroxylation sites is 1. The SMILES string of the molecule is C=C(C)[C@@H]1CC[C@]2(CNCCCN(C)c3ccccc3)CC[C@]3(C)[C@H](CC[C@@H]4[C@@]5(C)CC=C(c6ccc(C(=O)O)cc6)C(C)(C)[C@@H]5CC[C@]43C)[C@@H]12. The van der Waals surface area contributed by atoms with E-state index >= 15 is 0 Å². The van der Waals surface area contributed by atoms with Crippen molar-refractivity contribution in [1.29, 1.82) is 0 Å². The second kappa shape index (κ2) is 13.2. The molecule has 0 unspecified atom stereocenters. The summed E-state index contributed by atoms with van der Waals surface area (Å²) >= 11 is 0. The number of hydrogen-bond donors (Lipinski definition) is 2. The Labute approximate surface area is 309 Å². The van der Waals surface area contributed by atoms with Gasteiger partial charge >= 0.3 is 5.97 Å². The summed E-state index contributed by atoms with van der Waals surface area (Å²) in [5.41, 5.74) is 7.08. The van der Waals surface area contributed by atoms with Crippen molar-refractivity contribution in [1.82, 2.24) is 5.32 Å². The lowest BCUT2D eigenvalue weighted by atomic mass is 9.32. The molecule has 5 aliphatic carbocycles. The zero-order valence-electron chi connectivity index (χ0n) is 32.9. The molecule has 0 saturated heterocycles. The molecule has 276 valence electrons. The predicted molar refractivity (Wildman–Crippen MR) is 213 cm³/mol. The topological polar surface area (TPSA) is 52.6 Å². The summed E-state index contributed by atoms with van der Waals surface area (Å²) in [4.78, 5) is 14.0. The number of hydrogen-bond acceptors (Lipinski definition) is 3. The Hall–Kier alpha value is -2.85. The monoisotopic (exact) mass is 691 g/mol. The minimum atomic E-state index is -0.854. The van der Waals surface area contributed by atoms with Crippen LogP contribution in [0.3, 0.4) is 0 Å². The Kier molecular flexibility index (Phi) is 9.46. The summed E-state index contributed by atoms with van der Waals surface area (Å²) in [7, 11) is 2.22. The number of benzene rings is 2. The minimum Gasteiger partial charge on any atom is -0.478 e. The van der Waals surface area contributed by atoms with Gasteiger partial charge in [0.2, 0.25) is 0 Å². The first kappa shape index (κ1) is 36.5. The van der Waals surface area contributed by atoms with Gasteiger partial charge in [0.15, 0.2) is 0 Å². The molecule has 51 heavy (non-hydrogen) atoms. The molecule has 9 atom stereocenters. The van der Waals surface area contributed by atoms with Crippen LogP contribution in [-0.2, 0) is 0 Å². The lowest BCUT2D eigenvalue weighted by Gasteiger charge is -2.72. The Morgan fingerprint density at radius 3 is 2.29 bits per heavy atom. The van der Waals surface area contributed by atoms with Crippen LogP contribution in [0.2, 0.25) is 0 Å². The standard InChI is InChI=1S/C47H66N2O2/c1-32(2)36-21-26-47(31-48-29-12-30-49(8)35-13-10-9-11-14-35)28-27-45(6)38(41(36)47)19-20-40-44(5)24-22-37(33-15-17-34(18-16-33)42(50)51)43(3,4)39(44)23-25-46(40,45)7/h9-11,13-18,22,36,38-41,48H,1,12,19-21,23-31H2,2-8H3,(H,50,51)/t36-,38+,39-,40+,41+,44-,45+,46+,47+/m0/s1. The second-order valence-corrected chi connectivity index (χ2v) is 19.3. The Morgan fingerprint density at radius 1 is 0.882 bits per heavy atom. The highest BCUT2D eigenvalue weighted by molar-refractivity contribution is 5.88. The van der Waals surface area contributed by atoms with Crippen molar-refractivity contribution in [3.05, 3.63) is 84.0 Å². The molecular weight excluding hydrogens is 625 g/mol. The number of carboxylic acids is 1. The van der Waals surface area contributed by atoms with Crippen LogP contribution in [0.4, 0.5) is 5.69 Å². The maximum atomic E-state index is 11.6. The number of rotatable bonds is 10. The molecule has 2 aromatic carbocycles. The number of carbonyl (C=O) groups is 1. The van der Waals surface area contributed by atoms with Crippen molar-refractivity contribution < 1.29 is 9.90 Å². The molecule has 5 aliphatic rings. The van der Waals surface area contributed by atoms with E-state index in [0.717, 1.165) is 44.3 Å². The van der Waals surface area contributed by atoms with E-state index in [1.54, 1.807) is 12.1 Å². The third kappa shape index (κ3) is 5.76. The lowest BCUT2D eigenvalue weighted by Crippen LogP contribution is -2.65. The normalized spacial score (nSPS) is 38.0. The van der Waals surface area contributed by atoms with Crippen LogP contribution in [0.1, 0.15) is 122 Å². The van der Waals surface area contributed by atoms with Crippen LogP contribution < -0.4 is 10.2 Å². The van der Waals surface area contributed by atoms with E-state index in [1.165, 1.54) is 73.8 Å². The van der Waals surface area contributed by atoms with E-state index in [-0.39, 0.29) is 10.8 Å². The van der Waals surface area contributed by atoms with Crippen molar-refractivity contribution in [2.24, 2.45) is 56.7 Å². The number of aromatic carboxylic acids is 1. The van der Waals surface area contributed by atoms with E-state index < -0.39 is 5.97 Å². The van der Waals surface area contributed by atoms with Crippen LogP contribution in [0.5, 0.6) is 0 Å². The first-order valence-corrected chi connectivity index (χ1v) is 20.3. The first-order valence-electron chi connectivity index (χ1n) is 20.3. The van der Waals surface area contributed by atoms with Crippen LogP contribution in [0, 0.1) is 56.7 Å². The quantitative estimate of drug-likeness (QED) is 0.192. The highest BCUT2D eigenvalue weighted by Gasteiger charge is 2.70. The molecule has 4 heteroatoms. The summed E-state index contributed by atoms with van der Waals surface area (Å²) < 4.78 is 0. The molecule has 0 aliphatic heterocycles. The predicted octanol–water partition coefficient (Wildman–Crippen LogP) is 11.2. The molecule has 2 aromatic rings. The first-order chi connectivity index (χ1) is 24.2. The number of anilines is 1. The maximum absolute atomic E-state index is 11.6. The average molecular weight is 691 g/mol. The molecule has 0 aromatic heterocycles. The summed E-state index contributed by atoms with van der Waals surface area (Å²) in [5.74, 6) is 2.63. The molecule has 4 saturated carbocycles. The third-order valence-corrected chi connectivity index (χ3v) is 16.8. The Morgan fingerprint density at radius 2 is 1.61 bits per heavy atom. The van der Waals surface area contributed by atoms with Gasteiger partial charge in [0.05, 0.1) is 5.56 Å². The second-order valence-electron chi connectivity index (χ2n) is 19.3. The smallest absolute Gasteiger partial charge is 0.335 e. The van der Waals surface area contributed by atoms with Gasteiger partial charge in [-0.15, -0.1) is 0 Å². The van der Waals surface area contributed by atoms with Gasteiger partial charge in [0.1, 0.15) is 0 Å². The number of nitrogens with one attached hydrogen (secondary N) is 1. The van der Waals surface area contributed by atoms with E-state index in [1.807, 2.05) is 12.1 Å². The van der Waals surface area contributed by atoms with Crippen molar-refractivity contribution in [2.45, 2.75) is 106 Å². The van der Waals surface area contributed by atoms with Crippen LogP contribution in [0.25, 0.3) is 5.57 Å². The molecule has 4 nitrogen and oxygen atoms in total. The highest BCUT2D eigenvalue weighted by atomic mass is 16.4. The van der Waals surface area contributed by atoms with Gasteiger partial charge in [0.25, 0.3) is 0 Å². The van der Waals surface area contributed by atoms with Gasteiger partial charge in [-0.2, -0.15) is 0 Å². The molecule has 2 N–H and O–H groups in total. The zero-order valence-corrected chi connectivity index (χ0v) is 32.9. The van der Waals surface area contributed by atoms with Crippen LogP contribution >= 0.6 is 0 Å². The fourth-order valence-electron chi connectivity index (χ4n) is 14.1. The Bertz CT molecular complexity index is 1640. The van der Waals surface area contributed by atoms with Crippen molar-refractivity contribution >= 4 is 17.2 Å². The lowest BCUT2D eigenvalue weighted by molar-refractivity contribution is -0.225. The van der Waals surface area contributed by atoms with Crippen molar-refractivity contribution in [3.63, 3.8) is 0 Å². The van der Waals surface area contributed by atoms with Crippen molar-refractivity contribution in [3.8, 4) is 0 Å². The molecule has 0 spiro atoms. The van der Waals surface area contributed by atoms with Crippen LogP contribution in [0.15, 0.2) is 72.8 Å². The number of nitrogens with zero attached hydrogens (tertiary/aromatic N) is 1. The maximum Gasteiger partial charge on any atom is 0.335 e. The van der Waals surface area contributed by atoms with E-state index in [0.29, 0.717) is 39.6 Å². The van der Waals surface area contributed by atoms with Gasteiger partial charge in [-0.05, 0) is 170 Å². The van der Waals surface area contributed by atoms with Gasteiger partial charge < -0.3 is 15.3 Å². The summed E-state index contributed by atoms with van der Waals surface area (Å²) in [6.45, 7) is 23.5. The van der Waals surface area contributed by atoms with E-state index in [2.05, 4.69) is 102 Å². The van der Waals surface area contributed by atoms with Gasteiger partial charge in [-0.1, -0.05) is 83.2 Å². The van der Waals surface area contributed by atoms with E-state index in [4.69, 9.17) is 0 Å². The third-order valence-electron chi connectivity index (χ3n) is 16.8. The fourth-order valence-corrected chi connectivity index (χ4v) is 14.1. The number of allylic oxidation sites excluding steroid dienone is 3. The van der Waals surface area contributed by atoms with Crippen molar-refractivity contribution in [2.75, 3.05) is 31.6 Å². The average Bonchev–Trinajstić information content (AvgIpc) is 3.49. The van der Waals surface area contributed by atoms with E-state index in [9.17, 15) is 9.90 Å². The fraction of sp³-hybridized carbons (Fsp3) is 0.638. The zero-order chi connectivity index (χ0) is 36.4. The summed E-state index contributed by atoms with van der Waals surface area (Å²) in [6.07, 6.45) is 15.6. The van der Waals surface area contributed by atoms with Gasteiger partial charge in [-0.25, -0.2) is 4.79 Å². The molecule has 0 amide bonds. The summed E-state index contributed by atoms with van der Waals surface area (Å²) in [6, 6.07) is 18.4. The molecule has 0 bridgehead atoms. The van der Waals surface area contributed by atoms with Gasteiger partial charge in [0, 0.05) is 25.8 Å². The number of fused-ring (bicyclic) bond motifs is 7. The molecular formula is C47H66N2O2. The molecule has 7 rings (SSSR count). The molecule has 0 heterocycles. The Balaban J connectivity index is 1.10. The van der Waals surface area contributed by atoms with Gasteiger partial charge in [-0.3, -0.25) is 0 Å². The highest BCUT2D eigenvalue weighted by Crippen LogP contribution is 2.77. The summed E-state index contributed by atoms with van der Waals surface area (Å²) in [5, 5.41) is 13.5. The molecule has 0 radical (unpaired) electrons. The number of carboxylic acid groups (broad SMARTS) is 1.